The second-order valence-corrected chi connectivity index (χ2v) is 7.06. The van der Waals surface area contributed by atoms with E-state index in [1.54, 1.807) is 11.0 Å². The predicted octanol–water partition coefficient (Wildman–Crippen LogP) is 0.0962. The number of carbonyl (C=O) groups excluding carboxylic acids is 2. The predicted molar refractivity (Wildman–Crippen MR) is 91.4 cm³/mol. The smallest absolute Gasteiger partial charge is 0.353 e. The molecule has 3 aliphatic rings. The van der Waals surface area contributed by atoms with Crippen LogP contribution in [0.1, 0.15) is 11.4 Å². The molecule has 136 valence electrons. The van der Waals surface area contributed by atoms with Gasteiger partial charge in [0, 0.05) is 19.1 Å². The number of aromatic nitrogens is 2. The van der Waals surface area contributed by atoms with Gasteiger partial charge in [0.15, 0.2) is 0 Å². The quantitative estimate of drug-likeness (QED) is 0.587. The monoisotopic (exact) mass is 376 g/mol. The lowest BCUT2D eigenvalue weighted by Gasteiger charge is -2.36. The number of carboxylic acids is 1. The van der Waals surface area contributed by atoms with Crippen LogP contribution in [0.4, 0.5) is 0 Å². The summed E-state index contributed by atoms with van der Waals surface area (Å²) in [4.78, 5) is 38.3. The van der Waals surface area contributed by atoms with Crippen LogP contribution in [0.3, 0.4) is 0 Å². The van der Waals surface area contributed by atoms with E-state index in [1.807, 2.05) is 10.7 Å². The molecule has 9 nitrogen and oxygen atoms in total. The Hall–Kier alpha value is -2.59. The average Bonchev–Trinajstić information content (AvgIpc) is 3.20. The van der Waals surface area contributed by atoms with Gasteiger partial charge < -0.3 is 14.7 Å². The lowest BCUT2D eigenvalue weighted by atomic mass is 10.0. The van der Waals surface area contributed by atoms with Crippen LogP contribution < -0.4 is 0 Å². The fraction of sp³-hybridized carbons (Fsp3) is 0.375. The number of hydrogen-bond acceptors (Lipinski definition) is 6. The summed E-state index contributed by atoms with van der Waals surface area (Å²) < 4.78 is 6.71. The molecule has 1 fully saturated rings. The van der Waals surface area contributed by atoms with Crippen molar-refractivity contribution in [2.24, 2.45) is 0 Å². The highest BCUT2D eigenvalue weighted by Crippen LogP contribution is 2.45. The number of amides is 2. The van der Waals surface area contributed by atoms with Crippen molar-refractivity contribution in [2.45, 2.75) is 18.5 Å². The highest BCUT2D eigenvalue weighted by molar-refractivity contribution is 8.03. The van der Waals surface area contributed by atoms with Gasteiger partial charge in [0.2, 0.25) is 5.91 Å². The van der Waals surface area contributed by atoms with Gasteiger partial charge in [-0.2, -0.15) is 5.10 Å². The maximum Gasteiger partial charge on any atom is 0.353 e. The van der Waals surface area contributed by atoms with Gasteiger partial charge in [-0.05, 0) is 12.1 Å². The van der Waals surface area contributed by atoms with Crippen molar-refractivity contribution in [2.75, 3.05) is 20.3 Å². The van der Waals surface area contributed by atoms with Crippen molar-refractivity contribution in [1.82, 2.24) is 19.6 Å². The van der Waals surface area contributed by atoms with Gasteiger partial charge in [0.1, 0.15) is 17.7 Å². The molecule has 1 N–H and O–H groups in total. The molecule has 1 atom stereocenters. The fourth-order valence-electron chi connectivity index (χ4n) is 3.21. The molecule has 2 amide bonds. The van der Waals surface area contributed by atoms with Crippen LogP contribution >= 0.6 is 11.8 Å². The summed E-state index contributed by atoms with van der Waals surface area (Å²) in [7, 11) is 1.49. The van der Waals surface area contributed by atoms with Crippen LogP contribution in [0.5, 0.6) is 0 Å². The molecule has 0 aliphatic carbocycles. The number of carboxylic acid groups (broad SMARTS) is 1. The van der Waals surface area contributed by atoms with E-state index in [0.29, 0.717) is 30.9 Å². The van der Waals surface area contributed by atoms with E-state index >= 15 is 0 Å². The number of carbonyl (C=O) groups is 3. The minimum Gasteiger partial charge on any atom is -0.477 e. The molecular formula is C16H16N4O5S. The molecule has 0 spiro atoms. The molecule has 4 rings (SSSR count). The normalized spacial score (nSPS) is 22.8. The first kappa shape index (κ1) is 16.9. The van der Waals surface area contributed by atoms with Crippen LogP contribution in [0.25, 0.3) is 6.08 Å². The van der Waals surface area contributed by atoms with E-state index in [1.165, 1.54) is 29.2 Å². The number of β-lactam (4-membered cyclic amide) rings is 1. The zero-order chi connectivity index (χ0) is 18.4. The summed E-state index contributed by atoms with van der Waals surface area (Å²) in [5.74, 6) is -1.48. The van der Waals surface area contributed by atoms with Crippen LogP contribution in [-0.2, 0) is 32.2 Å². The highest BCUT2D eigenvalue weighted by atomic mass is 32.2. The van der Waals surface area contributed by atoms with Crippen molar-refractivity contribution in [1.29, 1.82) is 0 Å². The summed E-state index contributed by atoms with van der Waals surface area (Å²) in [5, 5.41) is 14.8. The largest absolute Gasteiger partial charge is 0.477 e. The third-order valence-electron chi connectivity index (χ3n) is 4.49. The second-order valence-electron chi connectivity index (χ2n) is 6.10. The molecular weight excluding hydrogens is 360 g/mol. The van der Waals surface area contributed by atoms with E-state index in [0.717, 1.165) is 5.69 Å². The summed E-state index contributed by atoms with van der Waals surface area (Å²) in [6.07, 6.45) is 1.70. The first-order valence-electron chi connectivity index (χ1n) is 7.97. The number of ether oxygens (including phenoxy) is 1. The number of rotatable bonds is 4. The molecule has 0 radical (unpaired) electrons. The van der Waals surface area contributed by atoms with Gasteiger partial charge in [-0.15, -0.1) is 11.8 Å². The molecule has 26 heavy (non-hydrogen) atoms. The second kappa shape index (κ2) is 6.29. The van der Waals surface area contributed by atoms with Crippen LogP contribution in [-0.4, -0.2) is 68.1 Å². The van der Waals surface area contributed by atoms with Crippen LogP contribution in [0.2, 0.25) is 0 Å². The Kier molecular flexibility index (Phi) is 4.08. The van der Waals surface area contributed by atoms with E-state index < -0.39 is 5.97 Å². The molecule has 0 aromatic carbocycles. The van der Waals surface area contributed by atoms with E-state index in [9.17, 15) is 14.4 Å². The Morgan fingerprint density at radius 1 is 1.46 bits per heavy atom. The summed E-state index contributed by atoms with van der Waals surface area (Å²) in [6, 6.07) is 1.85. The molecule has 10 heteroatoms. The summed E-state index contributed by atoms with van der Waals surface area (Å²) in [5.41, 5.74) is 2.07. The third kappa shape index (κ3) is 2.61. The molecule has 1 saturated heterocycles. The minimum absolute atomic E-state index is 0.0126. The number of nitrogens with zero attached hydrogens (tertiary/aromatic N) is 4. The van der Waals surface area contributed by atoms with Gasteiger partial charge in [0.25, 0.3) is 5.91 Å². The van der Waals surface area contributed by atoms with E-state index in [4.69, 9.17) is 9.84 Å². The van der Waals surface area contributed by atoms with Gasteiger partial charge in [-0.3, -0.25) is 19.2 Å². The number of thioether (sulfide) groups is 1. The zero-order valence-electron chi connectivity index (χ0n) is 13.9. The number of fused-ring (bicyclic) bond motifs is 2. The number of hydrogen-bond donors (Lipinski definition) is 1. The van der Waals surface area contributed by atoms with Gasteiger partial charge in [-0.1, -0.05) is 0 Å². The van der Waals surface area contributed by atoms with Crippen molar-refractivity contribution in [3.63, 3.8) is 0 Å². The molecule has 1 unspecified atom stereocenters. The molecule has 3 aliphatic heterocycles. The van der Waals surface area contributed by atoms with E-state index in [2.05, 4.69) is 5.10 Å². The van der Waals surface area contributed by atoms with Crippen LogP contribution in [0.15, 0.2) is 22.7 Å². The van der Waals surface area contributed by atoms with Crippen LogP contribution in [0, 0.1) is 0 Å². The van der Waals surface area contributed by atoms with Crippen molar-refractivity contribution >= 4 is 35.6 Å². The van der Waals surface area contributed by atoms with Gasteiger partial charge in [-0.25, -0.2) is 4.79 Å². The summed E-state index contributed by atoms with van der Waals surface area (Å²) >= 11 is 1.30. The van der Waals surface area contributed by atoms with Crippen molar-refractivity contribution in [3.8, 4) is 0 Å². The lowest BCUT2D eigenvalue weighted by molar-refractivity contribution is -0.141. The highest BCUT2D eigenvalue weighted by Gasteiger charge is 2.49. The Labute approximate surface area is 152 Å². The Morgan fingerprint density at radius 3 is 3.00 bits per heavy atom. The average molecular weight is 376 g/mol. The Balaban J connectivity index is 1.50. The zero-order valence-corrected chi connectivity index (χ0v) is 14.7. The number of methoxy groups -OCH3 is 1. The molecule has 1 aromatic heterocycles. The third-order valence-corrected chi connectivity index (χ3v) is 5.58. The maximum absolute atomic E-state index is 12.3. The topological polar surface area (TPSA) is 105 Å². The minimum atomic E-state index is -1.11. The van der Waals surface area contributed by atoms with Crippen molar-refractivity contribution in [3.05, 3.63) is 34.1 Å². The maximum atomic E-state index is 12.3. The first-order chi connectivity index (χ1) is 12.5. The van der Waals surface area contributed by atoms with Crippen molar-refractivity contribution < 1.29 is 24.2 Å². The standard InChI is InChI=1S/C16H16N4O5S/c1-25-7-13(21)18-2-3-19-10(6-18)4-9(17-19)5-11-14(22)20-12(16(23)24)8-26-15(11)20/h4-5,8,15H,2-3,6-7H2,1H3,(H,23,24). The molecule has 4 heterocycles. The fourth-order valence-corrected chi connectivity index (χ4v) is 4.33. The number of aliphatic carboxylic acids is 1. The molecule has 0 bridgehead atoms. The SMILES string of the molecule is COCC(=O)N1CCn2nc(C=C3C(=O)N4C(C(=O)O)=CSC34)cc2C1. The van der Waals surface area contributed by atoms with E-state index in [-0.39, 0.29) is 29.5 Å². The Morgan fingerprint density at radius 2 is 2.27 bits per heavy atom. The first-order valence-corrected chi connectivity index (χ1v) is 8.91. The summed E-state index contributed by atoms with van der Waals surface area (Å²) in [6.45, 7) is 1.63. The van der Waals surface area contributed by atoms with Gasteiger partial charge in [0.05, 0.1) is 30.1 Å². The van der Waals surface area contributed by atoms with Gasteiger partial charge >= 0.3 is 5.97 Å². The molecule has 1 aromatic rings. The Bertz CT molecular complexity index is 874. The lowest BCUT2D eigenvalue weighted by Crippen LogP contribution is -2.51. The molecule has 0 saturated carbocycles.